The second-order valence-electron chi connectivity index (χ2n) is 7.30. The molecule has 0 saturated carbocycles. The SMILES string of the molecule is CCNC(=NCC(C)(C)c1ccccc1Br)NC1CCN(C(N)=O)CC1. The summed E-state index contributed by atoms with van der Waals surface area (Å²) in [6, 6.07) is 8.25. The number of likely N-dealkylation sites (tertiary alicyclic amines) is 1. The second-order valence-corrected chi connectivity index (χ2v) is 8.16. The molecule has 1 aliphatic heterocycles. The standard InChI is InChI=1S/C19H30BrN5O/c1-4-22-18(24-14-9-11-25(12-10-14)17(21)26)23-13-19(2,3)15-7-5-6-8-16(15)20/h5-8,14H,4,9-13H2,1-3H3,(H2,21,26)(H2,22,23,24). The van der Waals surface area contributed by atoms with Crippen molar-refractivity contribution in [2.45, 2.75) is 45.1 Å². The number of guanidine groups is 1. The topological polar surface area (TPSA) is 82.8 Å². The Bertz CT molecular complexity index is 639. The molecule has 2 rings (SSSR count). The minimum Gasteiger partial charge on any atom is -0.357 e. The summed E-state index contributed by atoms with van der Waals surface area (Å²) in [5.41, 5.74) is 6.51. The summed E-state index contributed by atoms with van der Waals surface area (Å²) in [4.78, 5) is 17.8. The van der Waals surface area contributed by atoms with Gasteiger partial charge >= 0.3 is 6.03 Å². The summed E-state index contributed by atoms with van der Waals surface area (Å²) in [5.74, 6) is 0.824. The van der Waals surface area contributed by atoms with Crippen LogP contribution in [0, 0.1) is 0 Å². The van der Waals surface area contributed by atoms with Crippen molar-refractivity contribution in [2.75, 3.05) is 26.2 Å². The summed E-state index contributed by atoms with van der Waals surface area (Å²) < 4.78 is 1.11. The zero-order valence-electron chi connectivity index (χ0n) is 15.9. The molecule has 0 aromatic heterocycles. The fourth-order valence-electron chi connectivity index (χ4n) is 3.13. The Morgan fingerprint density at radius 1 is 1.35 bits per heavy atom. The first-order chi connectivity index (χ1) is 12.3. The number of amides is 2. The number of hydrogen-bond acceptors (Lipinski definition) is 2. The van der Waals surface area contributed by atoms with Crippen LogP contribution in [0.5, 0.6) is 0 Å². The van der Waals surface area contributed by atoms with Crippen molar-refractivity contribution in [1.82, 2.24) is 15.5 Å². The average molecular weight is 424 g/mol. The number of hydrogen-bond donors (Lipinski definition) is 3. The maximum Gasteiger partial charge on any atom is 0.314 e. The molecule has 0 aliphatic carbocycles. The molecule has 1 fully saturated rings. The van der Waals surface area contributed by atoms with Crippen LogP contribution < -0.4 is 16.4 Å². The number of nitrogens with zero attached hydrogens (tertiary/aromatic N) is 2. The largest absolute Gasteiger partial charge is 0.357 e. The first-order valence-corrected chi connectivity index (χ1v) is 9.97. The lowest BCUT2D eigenvalue weighted by molar-refractivity contribution is 0.188. The van der Waals surface area contributed by atoms with Gasteiger partial charge in [-0.2, -0.15) is 0 Å². The van der Waals surface area contributed by atoms with Gasteiger partial charge in [0.1, 0.15) is 0 Å². The van der Waals surface area contributed by atoms with Crippen LogP contribution in [-0.2, 0) is 5.41 Å². The van der Waals surface area contributed by atoms with E-state index in [1.54, 1.807) is 4.90 Å². The van der Waals surface area contributed by atoms with E-state index in [0.29, 0.717) is 25.7 Å². The van der Waals surface area contributed by atoms with Crippen molar-refractivity contribution in [3.63, 3.8) is 0 Å². The van der Waals surface area contributed by atoms with Gasteiger partial charge in [0.15, 0.2) is 5.96 Å². The Morgan fingerprint density at radius 2 is 2.00 bits per heavy atom. The Hall–Kier alpha value is -1.76. The maximum atomic E-state index is 11.2. The van der Waals surface area contributed by atoms with Crippen molar-refractivity contribution >= 4 is 27.9 Å². The highest BCUT2D eigenvalue weighted by Crippen LogP contribution is 2.30. The van der Waals surface area contributed by atoms with Crippen molar-refractivity contribution < 1.29 is 4.79 Å². The van der Waals surface area contributed by atoms with Gasteiger partial charge in [-0.15, -0.1) is 0 Å². The van der Waals surface area contributed by atoms with E-state index in [9.17, 15) is 4.79 Å². The first-order valence-electron chi connectivity index (χ1n) is 9.17. The van der Waals surface area contributed by atoms with Crippen molar-refractivity contribution in [2.24, 2.45) is 10.7 Å². The summed E-state index contributed by atoms with van der Waals surface area (Å²) >= 11 is 3.64. The number of urea groups is 1. The van der Waals surface area contributed by atoms with Gasteiger partial charge in [0.25, 0.3) is 0 Å². The molecule has 144 valence electrons. The number of primary amides is 1. The molecule has 0 unspecified atom stereocenters. The third kappa shape index (κ3) is 5.62. The molecule has 0 atom stereocenters. The number of piperidine rings is 1. The predicted octanol–water partition coefficient (Wildman–Crippen LogP) is 2.82. The molecule has 1 aromatic rings. The van der Waals surface area contributed by atoms with Gasteiger partial charge in [-0.3, -0.25) is 4.99 Å². The third-order valence-corrected chi connectivity index (χ3v) is 5.42. The van der Waals surface area contributed by atoms with Crippen LogP contribution in [0.2, 0.25) is 0 Å². The minimum atomic E-state index is -0.334. The van der Waals surface area contributed by atoms with Crippen LogP contribution >= 0.6 is 15.9 Å². The van der Waals surface area contributed by atoms with Gasteiger partial charge in [-0.05, 0) is 31.4 Å². The van der Waals surface area contributed by atoms with E-state index in [2.05, 4.69) is 65.5 Å². The molecular weight excluding hydrogens is 394 g/mol. The summed E-state index contributed by atoms with van der Waals surface area (Å²) in [7, 11) is 0. The molecule has 0 spiro atoms. The predicted molar refractivity (Wildman–Crippen MR) is 110 cm³/mol. The number of carbonyl (C=O) groups excluding carboxylic acids is 1. The zero-order valence-corrected chi connectivity index (χ0v) is 17.5. The Balaban J connectivity index is 2.00. The number of carbonyl (C=O) groups is 1. The average Bonchev–Trinajstić information content (AvgIpc) is 2.60. The van der Waals surface area contributed by atoms with E-state index in [4.69, 9.17) is 10.7 Å². The first kappa shape index (κ1) is 20.6. The number of benzene rings is 1. The molecule has 2 amide bonds. The minimum absolute atomic E-state index is 0.0855. The lowest BCUT2D eigenvalue weighted by Gasteiger charge is -2.32. The molecule has 4 N–H and O–H groups in total. The van der Waals surface area contributed by atoms with Crippen LogP contribution in [0.25, 0.3) is 0 Å². The highest BCUT2D eigenvalue weighted by atomic mass is 79.9. The van der Waals surface area contributed by atoms with E-state index in [1.807, 2.05) is 6.07 Å². The van der Waals surface area contributed by atoms with Crippen LogP contribution in [0.3, 0.4) is 0 Å². The Morgan fingerprint density at radius 3 is 2.58 bits per heavy atom. The molecule has 26 heavy (non-hydrogen) atoms. The normalized spacial score (nSPS) is 16.5. The molecule has 7 heteroatoms. The third-order valence-electron chi connectivity index (χ3n) is 4.73. The van der Waals surface area contributed by atoms with Gasteiger partial charge in [-0.25, -0.2) is 4.79 Å². The lowest BCUT2D eigenvalue weighted by Crippen LogP contribution is -2.51. The van der Waals surface area contributed by atoms with E-state index >= 15 is 0 Å². The van der Waals surface area contributed by atoms with Gasteiger partial charge < -0.3 is 21.3 Å². The number of nitrogens with two attached hydrogens (primary N) is 1. The summed E-state index contributed by atoms with van der Waals surface area (Å²) in [5, 5.41) is 6.83. The fourth-order valence-corrected chi connectivity index (χ4v) is 3.95. The quantitative estimate of drug-likeness (QED) is 0.502. The monoisotopic (exact) mass is 423 g/mol. The molecule has 6 nitrogen and oxygen atoms in total. The van der Waals surface area contributed by atoms with Crippen molar-refractivity contribution in [1.29, 1.82) is 0 Å². The van der Waals surface area contributed by atoms with Crippen LogP contribution in [0.4, 0.5) is 4.79 Å². The van der Waals surface area contributed by atoms with Crippen LogP contribution in [-0.4, -0.2) is 49.1 Å². The molecule has 0 bridgehead atoms. The number of nitrogens with one attached hydrogen (secondary N) is 2. The molecule has 1 heterocycles. The van der Waals surface area contributed by atoms with Crippen LogP contribution in [0.1, 0.15) is 39.2 Å². The smallest absolute Gasteiger partial charge is 0.314 e. The maximum absolute atomic E-state index is 11.2. The molecule has 1 aliphatic rings. The van der Waals surface area contributed by atoms with Crippen molar-refractivity contribution in [3.8, 4) is 0 Å². The second kappa shape index (κ2) is 9.26. The Labute approximate surface area is 164 Å². The van der Waals surface area contributed by atoms with Gasteiger partial charge in [0, 0.05) is 35.6 Å². The van der Waals surface area contributed by atoms with E-state index in [0.717, 1.165) is 29.8 Å². The summed E-state index contributed by atoms with van der Waals surface area (Å²) in [6.45, 7) is 9.32. The number of rotatable bonds is 5. The number of aliphatic imine (C=N–C) groups is 1. The van der Waals surface area contributed by atoms with E-state index in [1.165, 1.54) is 5.56 Å². The van der Waals surface area contributed by atoms with Gasteiger partial charge in [0.2, 0.25) is 0 Å². The highest BCUT2D eigenvalue weighted by molar-refractivity contribution is 9.10. The fraction of sp³-hybridized carbons (Fsp3) is 0.579. The number of halogens is 1. The zero-order chi connectivity index (χ0) is 19.2. The molecule has 1 saturated heterocycles. The lowest BCUT2D eigenvalue weighted by atomic mass is 9.85. The highest BCUT2D eigenvalue weighted by Gasteiger charge is 2.24. The summed E-state index contributed by atoms with van der Waals surface area (Å²) in [6.07, 6.45) is 1.75. The Kier molecular flexibility index (Phi) is 7.32. The molecule has 1 aromatic carbocycles. The molecule has 0 radical (unpaired) electrons. The van der Waals surface area contributed by atoms with Gasteiger partial charge in [-0.1, -0.05) is 48.0 Å². The van der Waals surface area contributed by atoms with Crippen LogP contribution in [0.15, 0.2) is 33.7 Å². The van der Waals surface area contributed by atoms with Crippen molar-refractivity contribution in [3.05, 3.63) is 34.3 Å². The van der Waals surface area contributed by atoms with Gasteiger partial charge in [0.05, 0.1) is 6.54 Å². The van der Waals surface area contributed by atoms with E-state index < -0.39 is 0 Å². The molecular formula is C19H30BrN5O. The van der Waals surface area contributed by atoms with E-state index in [-0.39, 0.29) is 11.4 Å².